The first-order valence-corrected chi connectivity index (χ1v) is 7.47. The van der Waals surface area contributed by atoms with Crippen LogP contribution in [0.15, 0.2) is 24.3 Å². The number of hydrogen-bond donors (Lipinski definition) is 1. The molecule has 0 radical (unpaired) electrons. The second-order valence-corrected chi connectivity index (χ2v) is 5.81. The van der Waals surface area contributed by atoms with E-state index in [1.807, 2.05) is 29.2 Å². The van der Waals surface area contributed by atoms with Crippen molar-refractivity contribution in [2.24, 2.45) is 5.92 Å². The minimum absolute atomic E-state index is 0.0364. The zero-order valence-electron chi connectivity index (χ0n) is 11.8. The Morgan fingerprint density at radius 2 is 2.10 bits per heavy atom. The molecule has 1 heterocycles. The van der Waals surface area contributed by atoms with E-state index in [1.54, 1.807) is 0 Å². The van der Waals surface area contributed by atoms with Gasteiger partial charge in [-0.05, 0) is 37.3 Å². The van der Waals surface area contributed by atoms with Gasteiger partial charge in [0, 0.05) is 24.9 Å². The lowest BCUT2D eigenvalue weighted by Gasteiger charge is -2.29. The number of nitrogens with two attached hydrogens (primary N) is 1. The minimum Gasteiger partial charge on any atom is -0.398 e. The van der Waals surface area contributed by atoms with E-state index in [0.717, 1.165) is 43.5 Å². The molecule has 4 heteroatoms. The summed E-state index contributed by atoms with van der Waals surface area (Å²) in [5.74, 6) is 0.282. The second-order valence-electron chi connectivity index (χ2n) is 5.81. The van der Waals surface area contributed by atoms with Crippen LogP contribution in [-0.4, -0.2) is 30.1 Å². The maximum atomic E-state index is 12.7. The van der Waals surface area contributed by atoms with Crippen molar-refractivity contribution >= 4 is 11.6 Å². The van der Waals surface area contributed by atoms with Gasteiger partial charge in [0.05, 0.1) is 12.5 Å². The van der Waals surface area contributed by atoms with E-state index in [4.69, 9.17) is 10.5 Å². The largest absolute Gasteiger partial charge is 0.398 e. The standard InChI is InChI=1S/C16H22N2O2/c17-15-6-2-1-4-12(15)10-18(14-7-8-14)16(19)13-5-3-9-20-11-13/h1-2,4,6,13-14H,3,5,7-11,17H2. The van der Waals surface area contributed by atoms with E-state index in [0.29, 0.717) is 19.2 Å². The van der Waals surface area contributed by atoms with Crippen LogP contribution in [0.5, 0.6) is 0 Å². The summed E-state index contributed by atoms with van der Waals surface area (Å²) in [4.78, 5) is 14.7. The molecule has 4 nitrogen and oxygen atoms in total. The van der Waals surface area contributed by atoms with Gasteiger partial charge in [0.15, 0.2) is 0 Å². The molecule has 2 fully saturated rings. The molecule has 20 heavy (non-hydrogen) atoms. The number of ether oxygens (including phenoxy) is 1. The molecule has 108 valence electrons. The monoisotopic (exact) mass is 274 g/mol. The van der Waals surface area contributed by atoms with Gasteiger partial charge in [0.2, 0.25) is 5.91 Å². The Morgan fingerprint density at radius 3 is 2.75 bits per heavy atom. The number of amides is 1. The van der Waals surface area contributed by atoms with Crippen LogP contribution in [0.25, 0.3) is 0 Å². The van der Waals surface area contributed by atoms with Crippen molar-refractivity contribution in [1.82, 2.24) is 4.90 Å². The van der Waals surface area contributed by atoms with Crippen LogP contribution in [-0.2, 0) is 16.1 Å². The van der Waals surface area contributed by atoms with Crippen LogP contribution in [0, 0.1) is 5.92 Å². The molecular weight excluding hydrogens is 252 g/mol. The number of benzene rings is 1. The molecule has 1 aliphatic carbocycles. The van der Waals surface area contributed by atoms with Crippen LogP contribution < -0.4 is 5.73 Å². The number of para-hydroxylation sites is 1. The Hall–Kier alpha value is -1.55. The van der Waals surface area contributed by atoms with Crippen molar-refractivity contribution in [2.45, 2.75) is 38.3 Å². The summed E-state index contributed by atoms with van der Waals surface area (Å²) in [5.41, 5.74) is 7.82. The van der Waals surface area contributed by atoms with Gasteiger partial charge in [0.25, 0.3) is 0 Å². The highest BCUT2D eigenvalue weighted by Crippen LogP contribution is 2.31. The molecule has 3 rings (SSSR count). The maximum absolute atomic E-state index is 12.7. The first-order chi connectivity index (χ1) is 9.75. The van der Waals surface area contributed by atoms with Crippen molar-refractivity contribution < 1.29 is 9.53 Å². The summed E-state index contributed by atoms with van der Waals surface area (Å²) in [7, 11) is 0. The molecule has 1 saturated heterocycles. The average molecular weight is 274 g/mol. The Kier molecular flexibility index (Phi) is 3.92. The number of carbonyl (C=O) groups is 1. The fourth-order valence-corrected chi connectivity index (χ4v) is 2.80. The summed E-state index contributed by atoms with van der Waals surface area (Å²) in [6.45, 7) is 2.00. The van der Waals surface area contributed by atoms with Gasteiger partial charge in [0.1, 0.15) is 0 Å². The number of carbonyl (C=O) groups excluding carboxylic acids is 1. The predicted octanol–water partition coefficient (Wildman–Crippen LogP) is 2.19. The SMILES string of the molecule is Nc1ccccc1CN(C(=O)C1CCCOC1)C1CC1. The van der Waals surface area contributed by atoms with E-state index >= 15 is 0 Å². The normalized spacial score (nSPS) is 22.5. The molecular formula is C16H22N2O2. The van der Waals surface area contributed by atoms with Gasteiger partial charge in [-0.2, -0.15) is 0 Å². The Balaban J connectivity index is 1.72. The number of nitrogen functional groups attached to an aromatic ring is 1. The fraction of sp³-hybridized carbons (Fsp3) is 0.562. The van der Waals surface area contributed by atoms with Crippen LogP contribution in [0.2, 0.25) is 0 Å². The smallest absolute Gasteiger partial charge is 0.228 e. The maximum Gasteiger partial charge on any atom is 0.228 e. The third-order valence-corrected chi connectivity index (χ3v) is 4.18. The molecule has 1 aromatic carbocycles. The molecule has 0 spiro atoms. The topological polar surface area (TPSA) is 55.6 Å². The van der Waals surface area contributed by atoms with Gasteiger partial charge in [-0.25, -0.2) is 0 Å². The molecule has 0 aromatic heterocycles. The lowest BCUT2D eigenvalue weighted by atomic mass is 10.00. The summed E-state index contributed by atoms with van der Waals surface area (Å²) in [5, 5.41) is 0. The zero-order valence-corrected chi connectivity index (χ0v) is 11.8. The predicted molar refractivity (Wildman–Crippen MR) is 78.0 cm³/mol. The van der Waals surface area contributed by atoms with Gasteiger partial charge >= 0.3 is 0 Å². The van der Waals surface area contributed by atoms with Gasteiger partial charge in [-0.15, -0.1) is 0 Å². The first-order valence-electron chi connectivity index (χ1n) is 7.47. The molecule has 1 saturated carbocycles. The molecule has 2 N–H and O–H groups in total. The zero-order chi connectivity index (χ0) is 13.9. The van der Waals surface area contributed by atoms with E-state index in [-0.39, 0.29) is 11.8 Å². The highest BCUT2D eigenvalue weighted by Gasteiger charge is 2.36. The van der Waals surface area contributed by atoms with E-state index in [2.05, 4.69) is 0 Å². The summed E-state index contributed by atoms with van der Waals surface area (Å²) >= 11 is 0. The number of anilines is 1. The highest BCUT2D eigenvalue weighted by atomic mass is 16.5. The van der Waals surface area contributed by atoms with E-state index in [9.17, 15) is 4.79 Å². The molecule has 0 bridgehead atoms. The fourth-order valence-electron chi connectivity index (χ4n) is 2.80. The molecule has 1 aliphatic heterocycles. The van der Waals surface area contributed by atoms with Crippen LogP contribution in [0.4, 0.5) is 5.69 Å². The molecule has 2 aliphatic rings. The highest BCUT2D eigenvalue weighted by molar-refractivity contribution is 5.80. The molecule has 1 atom stereocenters. The third-order valence-electron chi connectivity index (χ3n) is 4.18. The lowest BCUT2D eigenvalue weighted by molar-refractivity contribution is -0.141. The number of hydrogen-bond acceptors (Lipinski definition) is 3. The van der Waals surface area contributed by atoms with Crippen molar-refractivity contribution in [2.75, 3.05) is 18.9 Å². The Bertz CT molecular complexity index is 479. The van der Waals surface area contributed by atoms with Crippen molar-refractivity contribution in [3.8, 4) is 0 Å². The van der Waals surface area contributed by atoms with Gasteiger partial charge in [-0.3, -0.25) is 4.79 Å². The van der Waals surface area contributed by atoms with Crippen molar-refractivity contribution in [1.29, 1.82) is 0 Å². The first kappa shape index (κ1) is 13.4. The van der Waals surface area contributed by atoms with Gasteiger partial charge < -0.3 is 15.4 Å². The van der Waals surface area contributed by atoms with E-state index < -0.39 is 0 Å². The van der Waals surface area contributed by atoms with Gasteiger partial charge in [-0.1, -0.05) is 18.2 Å². The Labute approximate surface area is 119 Å². The van der Waals surface area contributed by atoms with Crippen molar-refractivity contribution in [3.05, 3.63) is 29.8 Å². The number of rotatable bonds is 4. The van der Waals surface area contributed by atoms with E-state index in [1.165, 1.54) is 0 Å². The Morgan fingerprint density at radius 1 is 1.30 bits per heavy atom. The molecule has 1 unspecified atom stereocenters. The second kappa shape index (κ2) is 5.83. The quantitative estimate of drug-likeness (QED) is 0.856. The summed E-state index contributed by atoms with van der Waals surface area (Å²) in [6.07, 6.45) is 4.17. The number of nitrogens with zero attached hydrogens (tertiary/aromatic N) is 1. The van der Waals surface area contributed by atoms with Crippen LogP contribution >= 0.6 is 0 Å². The third kappa shape index (κ3) is 2.96. The van der Waals surface area contributed by atoms with Crippen LogP contribution in [0.1, 0.15) is 31.2 Å². The van der Waals surface area contributed by atoms with Crippen LogP contribution in [0.3, 0.4) is 0 Å². The summed E-state index contributed by atoms with van der Waals surface area (Å²) < 4.78 is 5.46. The molecule has 1 amide bonds. The summed E-state index contributed by atoms with van der Waals surface area (Å²) in [6, 6.07) is 8.22. The minimum atomic E-state index is 0.0364. The lowest BCUT2D eigenvalue weighted by Crippen LogP contribution is -2.40. The van der Waals surface area contributed by atoms with Crippen molar-refractivity contribution in [3.63, 3.8) is 0 Å². The molecule has 1 aromatic rings. The average Bonchev–Trinajstić information content (AvgIpc) is 3.31.